The lowest BCUT2D eigenvalue weighted by Gasteiger charge is -2.45. The lowest BCUT2D eigenvalue weighted by atomic mass is 10.0. The van der Waals surface area contributed by atoms with E-state index in [0.29, 0.717) is 6.42 Å². The smallest absolute Gasteiger partial charge is 0.308 e. The Morgan fingerprint density at radius 2 is 1.40 bits per heavy atom. The molecular weight excluding hydrogens is 388 g/mol. The van der Waals surface area contributed by atoms with Crippen molar-refractivity contribution in [2.24, 2.45) is 0 Å². The fourth-order valence-corrected chi connectivity index (χ4v) is 9.36. The Bertz CT molecular complexity index is 759. The zero-order valence-corrected chi connectivity index (χ0v) is 19.9. The van der Waals surface area contributed by atoms with Gasteiger partial charge in [-0.3, -0.25) is 4.79 Å². The molecule has 2 atom stereocenters. The van der Waals surface area contributed by atoms with Gasteiger partial charge in [0.15, 0.2) is 0 Å². The molecule has 1 fully saturated rings. The van der Waals surface area contributed by atoms with E-state index in [9.17, 15) is 4.79 Å². The first-order valence-corrected chi connectivity index (χ1v) is 13.2. The normalized spacial score (nSPS) is 21.7. The van der Waals surface area contributed by atoms with Crippen LogP contribution in [0.25, 0.3) is 0 Å². The summed E-state index contributed by atoms with van der Waals surface area (Å²) in [5, 5.41) is 2.41. The van der Waals surface area contributed by atoms with Gasteiger partial charge < -0.3 is 9.16 Å². The molecule has 0 unspecified atom stereocenters. The van der Waals surface area contributed by atoms with Gasteiger partial charge in [-0.25, -0.2) is 0 Å². The molecule has 0 saturated carbocycles. The van der Waals surface area contributed by atoms with E-state index in [2.05, 4.69) is 81.4 Å². The number of hydrogen-bond acceptors (Lipinski definition) is 3. The zero-order chi connectivity index (χ0) is 21.6. The highest BCUT2D eigenvalue weighted by Crippen LogP contribution is 2.38. The second-order valence-corrected chi connectivity index (χ2v) is 13.8. The van der Waals surface area contributed by atoms with Crippen molar-refractivity contribution in [3.8, 4) is 0 Å². The largest absolute Gasteiger partial charge is 0.463 e. The fourth-order valence-electron chi connectivity index (χ4n) is 4.64. The summed E-state index contributed by atoms with van der Waals surface area (Å²) in [7, 11) is -2.66. The van der Waals surface area contributed by atoms with E-state index >= 15 is 0 Å². The first kappa shape index (κ1) is 22.8. The number of carbonyl (C=O) groups excluding carboxylic acids is 1. The predicted molar refractivity (Wildman–Crippen MR) is 126 cm³/mol. The van der Waals surface area contributed by atoms with E-state index in [-0.39, 0.29) is 23.2 Å². The minimum Gasteiger partial charge on any atom is -0.463 e. The van der Waals surface area contributed by atoms with Crippen molar-refractivity contribution in [3.05, 3.63) is 60.7 Å². The molecule has 3 rings (SSSR count). The second kappa shape index (κ2) is 9.93. The van der Waals surface area contributed by atoms with Gasteiger partial charge >= 0.3 is 5.97 Å². The lowest BCUT2D eigenvalue weighted by Crippen LogP contribution is -2.67. The summed E-state index contributed by atoms with van der Waals surface area (Å²) in [4.78, 5) is 12.6. The molecule has 1 heterocycles. The molecule has 2 aromatic rings. The van der Waals surface area contributed by atoms with Crippen molar-refractivity contribution in [1.82, 2.24) is 0 Å². The van der Waals surface area contributed by atoms with Gasteiger partial charge in [0.05, 0.1) is 18.6 Å². The number of benzene rings is 2. The summed E-state index contributed by atoms with van der Waals surface area (Å²) in [6.45, 7) is 8.83. The van der Waals surface area contributed by atoms with Crippen LogP contribution in [-0.4, -0.2) is 26.5 Å². The van der Waals surface area contributed by atoms with Gasteiger partial charge in [0.1, 0.15) is 0 Å². The molecule has 1 saturated heterocycles. The molecule has 0 amide bonds. The number of rotatable bonds is 4. The van der Waals surface area contributed by atoms with Crippen molar-refractivity contribution >= 4 is 24.7 Å². The van der Waals surface area contributed by atoms with E-state index in [1.165, 1.54) is 10.4 Å². The number of ether oxygens (including phenoxy) is 1. The Hall–Kier alpha value is -1.91. The molecule has 0 bridgehead atoms. The van der Waals surface area contributed by atoms with Crippen LogP contribution < -0.4 is 10.4 Å². The van der Waals surface area contributed by atoms with Crippen LogP contribution in [-0.2, 0) is 14.0 Å². The topological polar surface area (TPSA) is 35.5 Å². The Labute approximate surface area is 182 Å². The number of cyclic esters (lactones) is 1. The van der Waals surface area contributed by atoms with Crippen molar-refractivity contribution in [3.63, 3.8) is 0 Å². The maximum atomic E-state index is 12.6. The van der Waals surface area contributed by atoms with Gasteiger partial charge in [-0.1, -0.05) is 94.3 Å². The number of esters is 1. The average molecular weight is 425 g/mol. The Balaban J connectivity index is 2.04. The average Bonchev–Trinajstić information content (AvgIpc) is 2.71. The van der Waals surface area contributed by atoms with E-state index in [4.69, 9.17) is 9.16 Å². The second-order valence-electron chi connectivity index (χ2n) is 9.55. The minimum absolute atomic E-state index is 0.0101. The highest BCUT2D eigenvalue weighted by atomic mass is 28.4. The van der Waals surface area contributed by atoms with Crippen molar-refractivity contribution < 1.29 is 14.0 Å². The van der Waals surface area contributed by atoms with E-state index < -0.39 is 8.32 Å². The Kier molecular flexibility index (Phi) is 7.53. The predicted octanol–water partition coefficient (Wildman–Crippen LogP) is 5.22. The molecule has 0 N–H and O–H groups in total. The van der Waals surface area contributed by atoms with Crippen LogP contribution >= 0.6 is 0 Å². The molecule has 30 heavy (non-hydrogen) atoms. The number of hydrogen-bond donors (Lipinski definition) is 0. The third kappa shape index (κ3) is 5.22. The molecule has 0 aromatic heterocycles. The van der Waals surface area contributed by atoms with Crippen LogP contribution in [0.3, 0.4) is 0 Å². The van der Waals surface area contributed by atoms with Crippen LogP contribution in [0.5, 0.6) is 0 Å². The molecular formula is C26H36O3Si. The van der Waals surface area contributed by atoms with Gasteiger partial charge in [-0.05, 0) is 41.6 Å². The van der Waals surface area contributed by atoms with Crippen LogP contribution in [0.15, 0.2) is 60.7 Å². The van der Waals surface area contributed by atoms with Crippen LogP contribution in [0.4, 0.5) is 0 Å². The third-order valence-corrected chi connectivity index (χ3v) is 11.2. The van der Waals surface area contributed by atoms with E-state index in [1.54, 1.807) is 0 Å². The van der Waals surface area contributed by atoms with Crippen LogP contribution in [0, 0.1) is 0 Å². The monoisotopic (exact) mass is 424 g/mol. The van der Waals surface area contributed by atoms with Gasteiger partial charge in [-0.15, -0.1) is 0 Å². The van der Waals surface area contributed by atoms with E-state index in [1.807, 2.05) is 6.92 Å². The quantitative estimate of drug-likeness (QED) is 0.499. The Morgan fingerprint density at radius 3 is 1.93 bits per heavy atom. The summed E-state index contributed by atoms with van der Waals surface area (Å²) in [6, 6.07) is 21.3. The maximum Gasteiger partial charge on any atom is 0.308 e. The molecule has 1 aliphatic rings. The fraction of sp³-hybridized carbons (Fsp3) is 0.500. The SMILES string of the molecule is C[C@@H]1CCCCC[C@@H](O[Si](c2ccccc2)(c2ccccc2)C(C)(C)C)CC(=O)O1. The van der Waals surface area contributed by atoms with Gasteiger partial charge in [-0.2, -0.15) is 0 Å². The van der Waals surface area contributed by atoms with Gasteiger partial charge in [0.25, 0.3) is 8.32 Å². The van der Waals surface area contributed by atoms with Gasteiger partial charge in [0, 0.05) is 0 Å². The zero-order valence-electron chi connectivity index (χ0n) is 18.9. The maximum absolute atomic E-state index is 12.6. The third-order valence-electron chi connectivity index (χ3n) is 6.12. The standard InChI is InChI=1S/C26H36O3Si/c1-21-14-8-5-9-15-22(20-25(27)28-21)29-30(26(2,3)4,23-16-10-6-11-17-23)24-18-12-7-13-19-24/h6-7,10-13,16-19,21-22H,5,8-9,14-15,20H2,1-4H3/t21-,22-/m1/s1. The molecule has 0 aliphatic carbocycles. The number of carbonyl (C=O) groups is 1. The van der Waals surface area contributed by atoms with Crippen molar-refractivity contribution in [2.75, 3.05) is 0 Å². The molecule has 162 valence electrons. The molecule has 0 spiro atoms. The summed E-state index contributed by atoms with van der Waals surface area (Å²) in [6.07, 6.45) is 5.37. The van der Waals surface area contributed by atoms with Crippen molar-refractivity contribution in [2.45, 2.75) is 83.5 Å². The molecule has 3 nitrogen and oxygen atoms in total. The molecule has 0 radical (unpaired) electrons. The first-order chi connectivity index (χ1) is 14.3. The first-order valence-electron chi connectivity index (χ1n) is 11.3. The van der Waals surface area contributed by atoms with Crippen LogP contribution in [0.1, 0.15) is 66.2 Å². The Morgan fingerprint density at radius 1 is 0.867 bits per heavy atom. The van der Waals surface area contributed by atoms with Gasteiger partial charge in [0.2, 0.25) is 0 Å². The summed E-state index contributed by atoms with van der Waals surface area (Å²) < 4.78 is 12.9. The highest BCUT2D eigenvalue weighted by molar-refractivity contribution is 6.99. The summed E-state index contributed by atoms with van der Waals surface area (Å²) in [5.41, 5.74) is 0. The van der Waals surface area contributed by atoms with Crippen molar-refractivity contribution in [1.29, 1.82) is 0 Å². The highest BCUT2D eigenvalue weighted by Gasteiger charge is 2.51. The molecule has 4 heteroatoms. The van der Waals surface area contributed by atoms with E-state index in [0.717, 1.165) is 32.1 Å². The van der Waals surface area contributed by atoms with Crippen LogP contribution in [0.2, 0.25) is 5.04 Å². The molecule has 1 aliphatic heterocycles. The lowest BCUT2D eigenvalue weighted by molar-refractivity contribution is -0.150. The molecule has 2 aromatic carbocycles. The minimum atomic E-state index is -2.66. The summed E-state index contributed by atoms with van der Waals surface area (Å²) >= 11 is 0. The summed E-state index contributed by atoms with van der Waals surface area (Å²) in [5.74, 6) is -0.132.